The van der Waals surface area contributed by atoms with Crippen molar-refractivity contribution in [2.24, 2.45) is 0 Å². The topological polar surface area (TPSA) is 90.7 Å². The number of esters is 1. The second-order valence-corrected chi connectivity index (χ2v) is 6.52. The van der Waals surface area contributed by atoms with Gasteiger partial charge in [-0.15, -0.1) is 0 Å². The average molecular weight is 394 g/mol. The Morgan fingerprint density at radius 1 is 1.10 bits per heavy atom. The van der Waals surface area contributed by atoms with Gasteiger partial charge in [-0.1, -0.05) is 29.4 Å². The molecule has 7 heteroatoms. The second-order valence-electron chi connectivity index (χ2n) is 6.52. The van der Waals surface area contributed by atoms with Gasteiger partial charge in [0.05, 0.1) is 16.8 Å². The molecule has 0 spiro atoms. The lowest BCUT2D eigenvalue weighted by Crippen LogP contribution is -2.30. The van der Waals surface area contributed by atoms with Crippen LogP contribution in [-0.4, -0.2) is 23.1 Å². The van der Waals surface area contributed by atoms with Crippen LogP contribution >= 0.6 is 0 Å². The highest BCUT2D eigenvalue weighted by atomic mass is 16.5. The molecule has 0 aliphatic rings. The molecule has 0 saturated heterocycles. The molecular formula is C22H22N2O5. The van der Waals surface area contributed by atoms with Crippen LogP contribution < -0.4 is 10.1 Å². The fourth-order valence-electron chi connectivity index (χ4n) is 2.62. The Morgan fingerprint density at radius 3 is 2.55 bits per heavy atom. The Labute approximate surface area is 168 Å². The number of aromatic nitrogens is 1. The highest BCUT2D eigenvalue weighted by Crippen LogP contribution is 2.19. The molecule has 3 aromatic rings. The third-order valence-electron chi connectivity index (χ3n) is 4.33. The van der Waals surface area contributed by atoms with E-state index in [1.54, 1.807) is 48.5 Å². The number of hydrogen-bond donors (Lipinski definition) is 1. The first-order valence-electron chi connectivity index (χ1n) is 9.15. The van der Waals surface area contributed by atoms with Crippen LogP contribution in [0.5, 0.6) is 5.75 Å². The summed E-state index contributed by atoms with van der Waals surface area (Å²) in [5.74, 6) is 0.177. The van der Waals surface area contributed by atoms with Crippen molar-refractivity contribution in [3.8, 4) is 5.75 Å². The zero-order valence-corrected chi connectivity index (χ0v) is 16.5. The van der Waals surface area contributed by atoms with Crippen molar-refractivity contribution >= 4 is 17.6 Å². The molecule has 0 unspecified atom stereocenters. The summed E-state index contributed by atoms with van der Waals surface area (Å²) in [6, 6.07) is 15.6. The number of rotatable bonds is 7. The zero-order chi connectivity index (χ0) is 20.8. The molecule has 0 radical (unpaired) electrons. The molecule has 0 aliphatic carbocycles. The number of amides is 1. The first-order chi connectivity index (χ1) is 13.9. The van der Waals surface area contributed by atoms with Crippen LogP contribution in [0.3, 0.4) is 0 Å². The summed E-state index contributed by atoms with van der Waals surface area (Å²) in [5.41, 5.74) is 2.55. The Hall–Kier alpha value is -3.61. The molecule has 7 nitrogen and oxygen atoms in total. The summed E-state index contributed by atoms with van der Waals surface area (Å²) in [6.07, 6.45) is -0.949. The van der Waals surface area contributed by atoms with Crippen molar-refractivity contribution in [2.75, 3.05) is 5.32 Å². The van der Waals surface area contributed by atoms with Crippen LogP contribution in [0.2, 0.25) is 0 Å². The monoisotopic (exact) mass is 394 g/mol. The third kappa shape index (κ3) is 5.22. The molecule has 2 aromatic carbocycles. The van der Waals surface area contributed by atoms with E-state index >= 15 is 0 Å². The fourth-order valence-corrected chi connectivity index (χ4v) is 2.62. The van der Waals surface area contributed by atoms with Crippen LogP contribution in [-0.2, 0) is 16.1 Å². The van der Waals surface area contributed by atoms with E-state index in [1.807, 2.05) is 19.9 Å². The molecule has 1 aromatic heterocycles. The lowest BCUT2D eigenvalue weighted by atomic mass is 10.2. The van der Waals surface area contributed by atoms with Gasteiger partial charge in [0, 0.05) is 5.69 Å². The maximum absolute atomic E-state index is 12.4. The number of aryl methyl sites for hydroxylation is 2. The van der Waals surface area contributed by atoms with Gasteiger partial charge in [0.2, 0.25) is 0 Å². The summed E-state index contributed by atoms with van der Waals surface area (Å²) in [4.78, 5) is 24.6. The maximum Gasteiger partial charge on any atom is 0.339 e. The first-order valence-corrected chi connectivity index (χ1v) is 9.15. The number of anilines is 1. The standard InChI is InChI=1S/C22H22N2O5/c1-14-20(15(2)29-24-14)13-27-19-11-7-8-17(12-19)22(26)28-16(3)21(25)23-18-9-5-4-6-10-18/h4-12,16H,13H2,1-3H3,(H,23,25)/t16-/m1/s1. The molecule has 1 atom stereocenters. The molecule has 150 valence electrons. The molecule has 0 saturated carbocycles. The Bertz CT molecular complexity index is 978. The lowest BCUT2D eigenvalue weighted by Gasteiger charge is -2.14. The summed E-state index contributed by atoms with van der Waals surface area (Å²) >= 11 is 0. The number of nitrogens with one attached hydrogen (secondary N) is 1. The fraction of sp³-hybridized carbons (Fsp3) is 0.227. The molecule has 3 rings (SSSR count). The van der Waals surface area contributed by atoms with Crippen molar-refractivity contribution in [3.63, 3.8) is 0 Å². The summed E-state index contributed by atoms with van der Waals surface area (Å²) < 4.78 is 16.1. The number of carbonyl (C=O) groups excluding carboxylic acids is 2. The molecule has 29 heavy (non-hydrogen) atoms. The number of carbonyl (C=O) groups is 2. The molecule has 0 fully saturated rings. The van der Waals surface area contributed by atoms with E-state index in [9.17, 15) is 9.59 Å². The predicted molar refractivity (Wildman–Crippen MR) is 107 cm³/mol. The van der Waals surface area contributed by atoms with E-state index in [4.69, 9.17) is 14.0 Å². The van der Waals surface area contributed by atoms with Crippen LogP contribution in [0, 0.1) is 13.8 Å². The first kappa shape index (κ1) is 20.1. The Kier molecular flexibility index (Phi) is 6.29. The van der Waals surface area contributed by atoms with Gasteiger partial charge >= 0.3 is 5.97 Å². The minimum atomic E-state index is -0.949. The number of benzene rings is 2. The zero-order valence-electron chi connectivity index (χ0n) is 16.5. The number of ether oxygens (including phenoxy) is 2. The van der Waals surface area contributed by atoms with Gasteiger partial charge in [0.25, 0.3) is 5.91 Å². The second kappa shape index (κ2) is 9.05. The minimum absolute atomic E-state index is 0.273. The van der Waals surface area contributed by atoms with Gasteiger partial charge in [0.15, 0.2) is 6.10 Å². The van der Waals surface area contributed by atoms with E-state index in [0.717, 1.165) is 11.3 Å². The van der Waals surface area contributed by atoms with Crippen molar-refractivity contribution < 1.29 is 23.6 Å². The maximum atomic E-state index is 12.4. The van der Waals surface area contributed by atoms with Crippen LogP contribution in [0.1, 0.15) is 34.3 Å². The van der Waals surface area contributed by atoms with Gasteiger partial charge in [-0.2, -0.15) is 0 Å². The van der Waals surface area contributed by atoms with Crippen molar-refractivity contribution in [1.29, 1.82) is 0 Å². The highest BCUT2D eigenvalue weighted by molar-refractivity contribution is 5.97. The summed E-state index contributed by atoms with van der Waals surface area (Å²) in [7, 11) is 0. The number of para-hydroxylation sites is 1. The van der Waals surface area contributed by atoms with Crippen molar-refractivity contribution in [1.82, 2.24) is 5.16 Å². The van der Waals surface area contributed by atoms with E-state index in [0.29, 0.717) is 22.8 Å². The van der Waals surface area contributed by atoms with E-state index < -0.39 is 18.0 Å². The molecule has 1 heterocycles. The van der Waals surface area contributed by atoms with E-state index in [-0.39, 0.29) is 6.61 Å². The molecule has 0 bridgehead atoms. The van der Waals surface area contributed by atoms with Crippen LogP contribution in [0.25, 0.3) is 0 Å². The van der Waals surface area contributed by atoms with Crippen LogP contribution in [0.15, 0.2) is 59.1 Å². The van der Waals surface area contributed by atoms with E-state index in [1.165, 1.54) is 6.92 Å². The smallest absolute Gasteiger partial charge is 0.339 e. The highest BCUT2D eigenvalue weighted by Gasteiger charge is 2.19. The SMILES string of the molecule is Cc1noc(C)c1COc1cccc(C(=O)O[C@H](C)C(=O)Nc2ccccc2)c1. The average Bonchev–Trinajstić information content (AvgIpc) is 3.04. The lowest BCUT2D eigenvalue weighted by molar-refractivity contribution is -0.123. The van der Waals surface area contributed by atoms with Crippen molar-refractivity contribution in [3.05, 3.63) is 77.2 Å². The minimum Gasteiger partial charge on any atom is -0.489 e. The van der Waals surface area contributed by atoms with Gasteiger partial charge in [0.1, 0.15) is 18.1 Å². The molecular weight excluding hydrogens is 372 g/mol. The summed E-state index contributed by atoms with van der Waals surface area (Å²) in [5, 5.41) is 6.59. The number of hydrogen-bond acceptors (Lipinski definition) is 6. The van der Waals surface area contributed by atoms with Crippen molar-refractivity contribution in [2.45, 2.75) is 33.5 Å². The quantitative estimate of drug-likeness (QED) is 0.608. The third-order valence-corrected chi connectivity index (χ3v) is 4.33. The Morgan fingerprint density at radius 2 is 1.86 bits per heavy atom. The summed E-state index contributed by atoms with van der Waals surface area (Å²) in [6.45, 7) is 5.45. The molecule has 1 amide bonds. The molecule has 0 aliphatic heterocycles. The van der Waals surface area contributed by atoms with E-state index in [2.05, 4.69) is 10.5 Å². The van der Waals surface area contributed by atoms with Crippen LogP contribution in [0.4, 0.5) is 5.69 Å². The predicted octanol–water partition coefficient (Wildman–Crippen LogP) is 4.05. The van der Waals surface area contributed by atoms with Gasteiger partial charge in [-0.25, -0.2) is 4.79 Å². The molecule has 1 N–H and O–H groups in total. The van der Waals surface area contributed by atoms with Gasteiger partial charge in [-0.05, 0) is 51.1 Å². The normalized spacial score (nSPS) is 11.6. The number of nitrogens with zero attached hydrogens (tertiary/aromatic N) is 1. The Balaban J connectivity index is 1.59. The van der Waals surface area contributed by atoms with Gasteiger partial charge < -0.3 is 19.3 Å². The van der Waals surface area contributed by atoms with Gasteiger partial charge in [-0.3, -0.25) is 4.79 Å². The largest absolute Gasteiger partial charge is 0.489 e.